The Kier molecular flexibility index (Phi) is 10.2. The molecule has 0 saturated heterocycles. The highest BCUT2D eigenvalue weighted by molar-refractivity contribution is 6.30. The molecule has 0 aliphatic carbocycles. The molecule has 0 amide bonds. The summed E-state index contributed by atoms with van der Waals surface area (Å²) >= 11 is 6.01. The molecule has 1 unspecified atom stereocenters. The average Bonchev–Trinajstić information content (AvgIpc) is 2.79. The number of alkyl halides is 1. The van der Waals surface area contributed by atoms with Gasteiger partial charge in [-0.15, -0.1) is 11.6 Å². The highest BCUT2D eigenvalue weighted by Gasteiger charge is 2.23. The normalized spacial score (nSPS) is 11.6. The lowest BCUT2D eigenvalue weighted by atomic mass is 10.1. The van der Waals surface area contributed by atoms with E-state index >= 15 is 0 Å². The van der Waals surface area contributed by atoms with E-state index < -0.39 is 17.3 Å². The molecule has 0 N–H and O–H groups in total. The monoisotopic (exact) mass is 455 g/mol. The third kappa shape index (κ3) is 7.69. The van der Waals surface area contributed by atoms with Crippen LogP contribution < -0.4 is 9.47 Å². The van der Waals surface area contributed by atoms with Gasteiger partial charge in [0.15, 0.2) is 0 Å². The summed E-state index contributed by atoms with van der Waals surface area (Å²) in [6.07, 6.45) is 7.14. The maximum Gasteiger partial charge on any atom is 0.343 e. The van der Waals surface area contributed by atoms with E-state index in [0.717, 1.165) is 12.8 Å². The van der Waals surface area contributed by atoms with Crippen LogP contribution in [0.1, 0.15) is 74.4 Å². The summed E-state index contributed by atoms with van der Waals surface area (Å²) in [6, 6.07) is 13.6. The molecule has 0 aliphatic rings. The zero-order valence-corrected chi connectivity index (χ0v) is 19.7. The van der Waals surface area contributed by atoms with Crippen LogP contribution in [0.5, 0.6) is 11.5 Å². The second-order valence-electron chi connectivity index (χ2n) is 8.09. The summed E-state index contributed by atoms with van der Waals surface area (Å²) in [5.41, 5.74) is 1.45. The maximum atomic E-state index is 12.5. The number of ether oxygens (including phenoxy) is 2. The molecule has 0 fully saturated rings. The number of benzene rings is 2. The third-order valence-electron chi connectivity index (χ3n) is 5.06. The van der Waals surface area contributed by atoms with Gasteiger partial charge in [0, 0.05) is 0 Å². The quantitative estimate of drug-likeness (QED) is 0.168. The van der Waals surface area contributed by atoms with E-state index in [1.165, 1.54) is 49.4 Å². The van der Waals surface area contributed by atoms with Crippen molar-refractivity contribution in [3.8, 4) is 17.6 Å². The summed E-state index contributed by atoms with van der Waals surface area (Å²) in [4.78, 5) is 24.6. The molecule has 0 aliphatic heterocycles. The van der Waals surface area contributed by atoms with Crippen molar-refractivity contribution in [2.24, 2.45) is 5.92 Å². The molecule has 0 aromatic heterocycles. The standard InChI is InChI=1S/C26H30ClNO4/c1-4-5-6-7-8-9-19-10-13-22(14-11-19)31-25(29)20-12-15-23(21(16-20)17-28)32-26(30)24(27)18(2)3/h10-16,18,24H,4-9H2,1-3H3. The first kappa shape index (κ1) is 25.4. The summed E-state index contributed by atoms with van der Waals surface area (Å²) in [6.45, 7) is 5.79. The van der Waals surface area contributed by atoms with E-state index in [4.69, 9.17) is 21.1 Å². The second kappa shape index (κ2) is 12.9. The number of aryl methyl sites for hydroxylation is 1. The van der Waals surface area contributed by atoms with Crippen LogP contribution in [0.2, 0.25) is 0 Å². The SMILES string of the molecule is CCCCCCCc1ccc(OC(=O)c2ccc(OC(=O)C(Cl)C(C)C)c(C#N)c2)cc1. The molecule has 6 heteroatoms. The van der Waals surface area contributed by atoms with Crippen LogP contribution in [0.15, 0.2) is 42.5 Å². The first-order valence-electron chi connectivity index (χ1n) is 11.1. The van der Waals surface area contributed by atoms with Gasteiger partial charge in [-0.25, -0.2) is 4.79 Å². The molecule has 0 radical (unpaired) electrons. The summed E-state index contributed by atoms with van der Waals surface area (Å²) in [7, 11) is 0. The molecule has 32 heavy (non-hydrogen) atoms. The number of hydrogen-bond donors (Lipinski definition) is 0. The zero-order chi connectivity index (χ0) is 23.5. The number of nitrogens with zero attached hydrogens (tertiary/aromatic N) is 1. The van der Waals surface area contributed by atoms with Crippen molar-refractivity contribution >= 4 is 23.5 Å². The minimum absolute atomic E-state index is 0.0545. The highest BCUT2D eigenvalue weighted by atomic mass is 35.5. The van der Waals surface area contributed by atoms with Gasteiger partial charge in [0.25, 0.3) is 0 Å². The molecule has 2 aromatic carbocycles. The Bertz CT molecular complexity index is 947. The molecule has 0 spiro atoms. The van der Waals surface area contributed by atoms with Gasteiger partial charge < -0.3 is 9.47 Å². The predicted octanol–water partition coefficient (Wildman–Crippen LogP) is 6.46. The Hall–Kier alpha value is -2.84. The van der Waals surface area contributed by atoms with Gasteiger partial charge in [0.2, 0.25) is 0 Å². The van der Waals surface area contributed by atoms with Gasteiger partial charge in [-0.2, -0.15) is 5.26 Å². The first-order chi connectivity index (χ1) is 15.3. The molecule has 2 rings (SSSR count). The number of hydrogen-bond acceptors (Lipinski definition) is 5. The number of carbonyl (C=O) groups is 2. The number of nitriles is 1. The highest BCUT2D eigenvalue weighted by Crippen LogP contribution is 2.23. The largest absolute Gasteiger partial charge is 0.424 e. The predicted molar refractivity (Wildman–Crippen MR) is 125 cm³/mol. The van der Waals surface area contributed by atoms with E-state index in [0.29, 0.717) is 5.75 Å². The van der Waals surface area contributed by atoms with E-state index in [9.17, 15) is 14.9 Å². The molecule has 0 bridgehead atoms. The Balaban J connectivity index is 1.98. The lowest BCUT2D eigenvalue weighted by Crippen LogP contribution is -2.25. The smallest absolute Gasteiger partial charge is 0.343 e. The summed E-state index contributed by atoms with van der Waals surface area (Å²) in [5.74, 6) is -0.858. The first-order valence-corrected chi connectivity index (χ1v) is 11.5. The topological polar surface area (TPSA) is 76.4 Å². The minimum Gasteiger partial charge on any atom is -0.424 e. The van der Waals surface area contributed by atoms with Gasteiger partial charge in [-0.05, 0) is 54.7 Å². The van der Waals surface area contributed by atoms with Gasteiger partial charge in [-0.3, -0.25) is 4.79 Å². The van der Waals surface area contributed by atoms with Crippen molar-refractivity contribution in [1.82, 2.24) is 0 Å². The number of esters is 2. The lowest BCUT2D eigenvalue weighted by Gasteiger charge is -2.13. The van der Waals surface area contributed by atoms with Crippen LogP contribution in [-0.2, 0) is 11.2 Å². The van der Waals surface area contributed by atoms with Crippen LogP contribution in [0, 0.1) is 17.2 Å². The fourth-order valence-electron chi connectivity index (χ4n) is 3.09. The van der Waals surface area contributed by atoms with Crippen molar-refractivity contribution in [2.45, 2.75) is 64.7 Å². The Morgan fingerprint density at radius 2 is 1.69 bits per heavy atom. The fourth-order valence-corrected chi connectivity index (χ4v) is 3.14. The van der Waals surface area contributed by atoms with E-state index in [-0.39, 0.29) is 22.8 Å². The average molecular weight is 456 g/mol. The molecule has 5 nitrogen and oxygen atoms in total. The zero-order valence-electron chi connectivity index (χ0n) is 18.9. The van der Waals surface area contributed by atoms with E-state index in [1.807, 2.05) is 18.2 Å². The number of halogens is 1. The fraction of sp³-hybridized carbons (Fsp3) is 0.423. The Morgan fingerprint density at radius 3 is 2.31 bits per heavy atom. The van der Waals surface area contributed by atoms with E-state index in [1.54, 1.807) is 26.0 Å². The third-order valence-corrected chi connectivity index (χ3v) is 5.74. The Morgan fingerprint density at radius 1 is 1.00 bits per heavy atom. The van der Waals surface area contributed by atoms with Gasteiger partial charge in [0.05, 0.1) is 11.1 Å². The van der Waals surface area contributed by atoms with Crippen molar-refractivity contribution < 1.29 is 19.1 Å². The molecule has 2 aromatic rings. The molecular formula is C26H30ClNO4. The van der Waals surface area contributed by atoms with E-state index in [2.05, 4.69) is 6.92 Å². The second-order valence-corrected chi connectivity index (χ2v) is 8.56. The molecular weight excluding hydrogens is 426 g/mol. The van der Waals surface area contributed by atoms with Gasteiger partial charge in [-0.1, -0.05) is 58.6 Å². The number of unbranched alkanes of at least 4 members (excludes halogenated alkanes) is 4. The van der Waals surface area contributed by atoms with Crippen molar-refractivity contribution in [3.05, 3.63) is 59.2 Å². The van der Waals surface area contributed by atoms with Crippen molar-refractivity contribution in [1.29, 1.82) is 5.26 Å². The number of rotatable bonds is 11. The maximum absolute atomic E-state index is 12.5. The van der Waals surface area contributed by atoms with Crippen LogP contribution in [0.3, 0.4) is 0 Å². The molecule has 1 atom stereocenters. The molecule has 0 saturated carbocycles. The minimum atomic E-state index is -0.828. The van der Waals surface area contributed by atoms with Crippen LogP contribution >= 0.6 is 11.6 Å². The summed E-state index contributed by atoms with van der Waals surface area (Å²) in [5, 5.41) is 8.57. The van der Waals surface area contributed by atoms with Crippen molar-refractivity contribution in [2.75, 3.05) is 0 Å². The lowest BCUT2D eigenvalue weighted by molar-refractivity contribution is -0.134. The van der Waals surface area contributed by atoms with Crippen molar-refractivity contribution in [3.63, 3.8) is 0 Å². The Labute approximate surface area is 195 Å². The van der Waals surface area contributed by atoms with Gasteiger partial charge >= 0.3 is 11.9 Å². The van der Waals surface area contributed by atoms with Crippen LogP contribution in [0.4, 0.5) is 0 Å². The molecule has 0 heterocycles. The summed E-state index contributed by atoms with van der Waals surface area (Å²) < 4.78 is 10.7. The van der Waals surface area contributed by atoms with Gasteiger partial charge in [0.1, 0.15) is 22.9 Å². The number of carbonyl (C=O) groups excluding carboxylic acids is 2. The van der Waals surface area contributed by atoms with Crippen LogP contribution in [-0.4, -0.2) is 17.3 Å². The molecule has 170 valence electrons. The van der Waals surface area contributed by atoms with Crippen LogP contribution in [0.25, 0.3) is 0 Å².